The van der Waals surface area contributed by atoms with Crippen molar-refractivity contribution in [3.05, 3.63) is 17.7 Å². The Bertz CT molecular complexity index is 425. The third-order valence-corrected chi connectivity index (χ3v) is 3.20. The molecule has 1 aliphatic rings. The molecule has 1 aromatic rings. The van der Waals surface area contributed by atoms with Crippen LogP contribution in [0.3, 0.4) is 0 Å². The molecule has 1 unspecified atom stereocenters. The Hall–Kier alpha value is -1.36. The van der Waals surface area contributed by atoms with Gasteiger partial charge < -0.3 is 9.67 Å². The number of hydrogen-bond acceptors (Lipinski definition) is 3. The van der Waals surface area contributed by atoms with Gasteiger partial charge in [0.25, 0.3) is 0 Å². The molecule has 2 N–H and O–H groups in total. The predicted octanol–water partition coefficient (Wildman–Crippen LogP) is 1.11. The maximum Gasteiger partial charge on any atom is 0.321 e. The van der Waals surface area contributed by atoms with Gasteiger partial charge in [0.1, 0.15) is 6.04 Å². The van der Waals surface area contributed by atoms with Crippen LogP contribution < -0.4 is 5.32 Å². The van der Waals surface area contributed by atoms with Gasteiger partial charge in [0, 0.05) is 13.5 Å². The molecule has 0 bridgehead atoms. The minimum absolute atomic E-state index is 0.0901. The van der Waals surface area contributed by atoms with Crippen LogP contribution in [-0.4, -0.2) is 26.7 Å². The van der Waals surface area contributed by atoms with Gasteiger partial charge in [-0.05, 0) is 12.3 Å². The van der Waals surface area contributed by atoms with Gasteiger partial charge in [-0.3, -0.25) is 10.1 Å². The van der Waals surface area contributed by atoms with E-state index in [0.717, 1.165) is 17.8 Å². The molecule has 17 heavy (non-hydrogen) atoms. The van der Waals surface area contributed by atoms with E-state index in [1.807, 2.05) is 11.6 Å². The van der Waals surface area contributed by atoms with E-state index in [1.54, 1.807) is 6.33 Å². The van der Waals surface area contributed by atoms with Crippen molar-refractivity contribution in [2.45, 2.75) is 38.8 Å². The second kappa shape index (κ2) is 4.49. The van der Waals surface area contributed by atoms with E-state index >= 15 is 0 Å². The second-order valence-corrected chi connectivity index (χ2v) is 5.13. The fourth-order valence-corrected chi connectivity index (χ4v) is 2.48. The number of fused-ring (bicyclic) bond motifs is 1. The molecule has 5 nitrogen and oxygen atoms in total. The number of nitrogens with zero attached hydrogens (tertiary/aromatic N) is 2. The number of carboxylic acid groups (broad SMARTS) is 1. The van der Waals surface area contributed by atoms with E-state index in [1.165, 1.54) is 0 Å². The first-order valence-corrected chi connectivity index (χ1v) is 5.98. The van der Waals surface area contributed by atoms with Crippen molar-refractivity contribution in [1.82, 2.24) is 14.9 Å². The maximum absolute atomic E-state index is 11.1. The molecular formula is C12H19N3O2. The van der Waals surface area contributed by atoms with Crippen LogP contribution in [0.4, 0.5) is 0 Å². The molecule has 0 amide bonds. The van der Waals surface area contributed by atoms with Crippen LogP contribution in [0.5, 0.6) is 0 Å². The van der Waals surface area contributed by atoms with Crippen molar-refractivity contribution >= 4 is 5.97 Å². The number of aromatic nitrogens is 2. The molecular weight excluding hydrogens is 218 g/mol. The summed E-state index contributed by atoms with van der Waals surface area (Å²) in [5.41, 5.74) is 2.06. The largest absolute Gasteiger partial charge is 0.480 e. The van der Waals surface area contributed by atoms with Gasteiger partial charge in [-0.2, -0.15) is 0 Å². The molecule has 0 aliphatic carbocycles. The Balaban J connectivity index is 2.30. The zero-order valence-electron chi connectivity index (χ0n) is 10.5. The van der Waals surface area contributed by atoms with Crippen LogP contribution >= 0.6 is 0 Å². The minimum atomic E-state index is -0.796. The van der Waals surface area contributed by atoms with Gasteiger partial charge in [0.2, 0.25) is 0 Å². The monoisotopic (exact) mass is 237 g/mol. The Morgan fingerprint density at radius 3 is 3.00 bits per heavy atom. The van der Waals surface area contributed by atoms with Gasteiger partial charge in [-0.15, -0.1) is 0 Å². The van der Waals surface area contributed by atoms with Crippen molar-refractivity contribution in [1.29, 1.82) is 0 Å². The molecule has 0 saturated carbocycles. The highest BCUT2D eigenvalue weighted by Crippen LogP contribution is 2.29. The molecule has 94 valence electrons. The Labute approximate surface area is 101 Å². The normalized spacial score (nSPS) is 23.8. The van der Waals surface area contributed by atoms with E-state index < -0.39 is 12.0 Å². The lowest BCUT2D eigenvalue weighted by Gasteiger charge is -2.30. The highest BCUT2D eigenvalue weighted by molar-refractivity contribution is 5.74. The Morgan fingerprint density at radius 2 is 2.41 bits per heavy atom. The van der Waals surface area contributed by atoms with Crippen LogP contribution in [0.15, 0.2) is 6.33 Å². The van der Waals surface area contributed by atoms with Gasteiger partial charge in [-0.1, -0.05) is 13.8 Å². The van der Waals surface area contributed by atoms with Crippen LogP contribution in [0.1, 0.15) is 37.7 Å². The Morgan fingerprint density at radius 1 is 1.71 bits per heavy atom. The van der Waals surface area contributed by atoms with E-state index in [-0.39, 0.29) is 6.04 Å². The predicted molar refractivity (Wildman–Crippen MR) is 63.7 cm³/mol. The van der Waals surface area contributed by atoms with Crippen molar-refractivity contribution in [2.75, 3.05) is 0 Å². The lowest BCUT2D eigenvalue weighted by Crippen LogP contribution is -2.45. The number of carboxylic acids is 1. The highest BCUT2D eigenvalue weighted by atomic mass is 16.4. The first-order valence-electron chi connectivity index (χ1n) is 5.98. The standard InChI is InChI=1S/C12H19N3O2/c1-7(2)4-9-11-8(13-6-15(11)3)5-10(14-9)12(16)17/h6-7,9-10,14H,4-5H2,1-3H3,(H,16,17)/t9?,10-/m1/s1. The summed E-state index contributed by atoms with van der Waals surface area (Å²) < 4.78 is 1.99. The van der Waals surface area contributed by atoms with E-state index in [2.05, 4.69) is 24.1 Å². The molecule has 0 spiro atoms. The quantitative estimate of drug-likeness (QED) is 0.826. The van der Waals surface area contributed by atoms with E-state index in [4.69, 9.17) is 5.11 Å². The zero-order valence-corrected chi connectivity index (χ0v) is 10.5. The van der Waals surface area contributed by atoms with Crippen molar-refractivity contribution < 1.29 is 9.90 Å². The molecule has 2 rings (SSSR count). The van der Waals surface area contributed by atoms with Crippen molar-refractivity contribution in [2.24, 2.45) is 13.0 Å². The van der Waals surface area contributed by atoms with Gasteiger partial charge in [-0.25, -0.2) is 4.98 Å². The number of aryl methyl sites for hydroxylation is 1. The summed E-state index contributed by atoms with van der Waals surface area (Å²) >= 11 is 0. The molecule has 0 saturated heterocycles. The Kier molecular flexibility index (Phi) is 3.19. The zero-order chi connectivity index (χ0) is 12.6. The number of rotatable bonds is 3. The number of hydrogen-bond donors (Lipinski definition) is 2. The van der Waals surface area contributed by atoms with Crippen LogP contribution in [0, 0.1) is 5.92 Å². The molecule has 0 fully saturated rings. The first-order chi connectivity index (χ1) is 7.99. The number of carbonyl (C=O) groups is 1. The average molecular weight is 237 g/mol. The molecule has 0 radical (unpaired) electrons. The lowest BCUT2D eigenvalue weighted by atomic mass is 9.93. The van der Waals surface area contributed by atoms with Crippen LogP contribution in [-0.2, 0) is 18.3 Å². The minimum Gasteiger partial charge on any atom is -0.480 e. The highest BCUT2D eigenvalue weighted by Gasteiger charge is 2.33. The van der Waals surface area contributed by atoms with E-state index in [0.29, 0.717) is 12.3 Å². The summed E-state index contributed by atoms with van der Waals surface area (Å²) in [6.07, 6.45) is 3.17. The summed E-state index contributed by atoms with van der Waals surface area (Å²) in [7, 11) is 1.96. The molecule has 2 atom stereocenters. The fraction of sp³-hybridized carbons (Fsp3) is 0.667. The number of aliphatic carboxylic acids is 1. The third-order valence-electron chi connectivity index (χ3n) is 3.20. The van der Waals surface area contributed by atoms with Gasteiger partial charge in [0.15, 0.2) is 0 Å². The number of imidazole rings is 1. The topological polar surface area (TPSA) is 67.2 Å². The third kappa shape index (κ3) is 2.34. The molecule has 1 aliphatic heterocycles. The lowest BCUT2D eigenvalue weighted by molar-refractivity contribution is -0.140. The summed E-state index contributed by atoms with van der Waals surface area (Å²) in [6, 6.07) is -0.423. The fourth-order valence-electron chi connectivity index (χ4n) is 2.48. The first kappa shape index (κ1) is 12.1. The molecule has 2 heterocycles. The molecule has 1 aromatic heterocycles. The maximum atomic E-state index is 11.1. The van der Waals surface area contributed by atoms with E-state index in [9.17, 15) is 4.79 Å². The number of nitrogens with one attached hydrogen (secondary N) is 1. The summed E-state index contributed by atoms with van der Waals surface area (Å²) in [4.78, 5) is 15.4. The average Bonchev–Trinajstić information content (AvgIpc) is 2.59. The van der Waals surface area contributed by atoms with Gasteiger partial charge >= 0.3 is 5.97 Å². The second-order valence-electron chi connectivity index (χ2n) is 5.13. The van der Waals surface area contributed by atoms with Crippen LogP contribution in [0.25, 0.3) is 0 Å². The summed E-state index contributed by atoms with van der Waals surface area (Å²) in [5.74, 6) is -0.280. The molecule has 5 heteroatoms. The smallest absolute Gasteiger partial charge is 0.321 e. The summed E-state index contributed by atoms with van der Waals surface area (Å²) in [5, 5.41) is 12.3. The van der Waals surface area contributed by atoms with Gasteiger partial charge in [0.05, 0.1) is 23.8 Å². The van der Waals surface area contributed by atoms with Crippen molar-refractivity contribution in [3.63, 3.8) is 0 Å². The van der Waals surface area contributed by atoms with Crippen molar-refractivity contribution in [3.8, 4) is 0 Å². The summed E-state index contributed by atoms with van der Waals surface area (Å²) in [6.45, 7) is 4.28. The van der Waals surface area contributed by atoms with Crippen LogP contribution in [0.2, 0.25) is 0 Å². The SMILES string of the molecule is CC(C)CC1N[C@@H](C(=O)O)Cc2ncn(C)c21. The molecule has 0 aromatic carbocycles.